The Kier molecular flexibility index (Phi) is 7.01. The molecule has 0 saturated carbocycles. The van der Waals surface area contributed by atoms with Crippen LogP contribution in [-0.4, -0.2) is 19.0 Å². The lowest BCUT2D eigenvalue weighted by molar-refractivity contribution is -0.150. The minimum absolute atomic E-state index is 0.331. The van der Waals surface area contributed by atoms with Crippen LogP contribution in [0.3, 0.4) is 0 Å². The third-order valence-corrected chi connectivity index (χ3v) is 6.32. The number of amides is 1. The van der Waals surface area contributed by atoms with Crippen LogP contribution in [0.1, 0.15) is 17.0 Å². The number of carbonyl (C=O) groups is 2. The van der Waals surface area contributed by atoms with E-state index in [0.29, 0.717) is 26.9 Å². The van der Waals surface area contributed by atoms with Crippen molar-refractivity contribution < 1.29 is 14.3 Å². The Hall–Kier alpha value is -2.27. The zero-order valence-corrected chi connectivity index (χ0v) is 18.5. The molecule has 29 heavy (non-hydrogen) atoms. The predicted molar refractivity (Wildman–Crippen MR) is 116 cm³/mol. The molecule has 1 aliphatic rings. The summed E-state index contributed by atoms with van der Waals surface area (Å²) in [6.45, 7) is 0. The molecule has 148 valence electrons. The summed E-state index contributed by atoms with van der Waals surface area (Å²) in [7, 11) is 1.23. The molecule has 2 atom stereocenters. The zero-order valence-electron chi connectivity index (χ0n) is 15.3. The summed E-state index contributed by atoms with van der Waals surface area (Å²) in [5.41, 5.74) is 2.01. The van der Waals surface area contributed by atoms with Gasteiger partial charge < -0.3 is 10.1 Å². The summed E-state index contributed by atoms with van der Waals surface area (Å²) in [6.07, 6.45) is 0. The van der Waals surface area contributed by atoms with Gasteiger partial charge in [-0.3, -0.25) is 9.59 Å². The first kappa shape index (κ1) is 21.4. The van der Waals surface area contributed by atoms with E-state index in [1.54, 1.807) is 30.3 Å². The van der Waals surface area contributed by atoms with Crippen molar-refractivity contribution in [3.63, 3.8) is 0 Å². The molecule has 0 fully saturated rings. The van der Waals surface area contributed by atoms with Gasteiger partial charge >= 0.3 is 5.97 Å². The first-order valence-electron chi connectivity index (χ1n) is 8.60. The van der Waals surface area contributed by atoms with Crippen LogP contribution in [0.25, 0.3) is 0 Å². The summed E-state index contributed by atoms with van der Waals surface area (Å²) in [6, 6.07) is 16.8. The van der Waals surface area contributed by atoms with Gasteiger partial charge in [0, 0.05) is 21.2 Å². The molecule has 0 aromatic heterocycles. The largest absolute Gasteiger partial charge is 0.468 e. The molecule has 1 amide bonds. The predicted octanol–water partition coefficient (Wildman–Crippen LogP) is 4.77. The number of allylic oxidation sites excluding steroid dienone is 1. The zero-order chi connectivity index (χ0) is 21.0. The van der Waals surface area contributed by atoms with Gasteiger partial charge in [-0.1, -0.05) is 51.8 Å². The van der Waals surface area contributed by atoms with E-state index in [1.807, 2.05) is 18.2 Å². The maximum atomic E-state index is 12.8. The van der Waals surface area contributed by atoms with E-state index in [0.717, 1.165) is 10.0 Å². The highest BCUT2D eigenvalue weighted by atomic mass is 79.9. The minimum atomic E-state index is -1.14. The van der Waals surface area contributed by atoms with Crippen molar-refractivity contribution in [1.29, 1.82) is 5.26 Å². The van der Waals surface area contributed by atoms with Gasteiger partial charge in [0.15, 0.2) is 0 Å². The average Bonchev–Trinajstić information content (AvgIpc) is 2.72. The van der Waals surface area contributed by atoms with Crippen molar-refractivity contribution in [2.24, 2.45) is 5.92 Å². The Balaban J connectivity index is 2.01. The Morgan fingerprint density at radius 3 is 2.66 bits per heavy atom. The Bertz CT molecular complexity index is 1020. The summed E-state index contributed by atoms with van der Waals surface area (Å²) >= 11 is 10.7. The third kappa shape index (κ3) is 4.84. The molecule has 3 rings (SSSR count). The van der Waals surface area contributed by atoms with Gasteiger partial charge in [0.1, 0.15) is 5.92 Å². The number of nitriles is 1. The summed E-state index contributed by atoms with van der Waals surface area (Å²) in [4.78, 5) is 25.2. The SMILES string of the molecule is COC(=O)[C@@H]1C(=O)NC(SCc2ccc(Cl)cc2)=C(C#N)[C@@H]1c1cccc(Br)c1. The van der Waals surface area contributed by atoms with Gasteiger partial charge in [-0.25, -0.2) is 0 Å². The number of thioether (sulfide) groups is 1. The van der Waals surface area contributed by atoms with Crippen LogP contribution in [-0.2, 0) is 20.1 Å². The second kappa shape index (κ2) is 9.49. The van der Waals surface area contributed by atoms with Crippen molar-refractivity contribution in [3.8, 4) is 6.07 Å². The number of benzene rings is 2. The number of nitrogens with one attached hydrogen (secondary N) is 1. The van der Waals surface area contributed by atoms with E-state index in [-0.39, 0.29) is 0 Å². The Morgan fingerprint density at radius 2 is 2.03 bits per heavy atom. The average molecular weight is 492 g/mol. The quantitative estimate of drug-likeness (QED) is 0.481. The lowest BCUT2D eigenvalue weighted by Crippen LogP contribution is -2.44. The lowest BCUT2D eigenvalue weighted by Gasteiger charge is -2.31. The number of halogens is 2. The van der Waals surface area contributed by atoms with Crippen LogP contribution in [0.15, 0.2) is 63.6 Å². The molecule has 2 aromatic carbocycles. The van der Waals surface area contributed by atoms with Crippen molar-refractivity contribution in [2.75, 3.05) is 7.11 Å². The number of ether oxygens (including phenoxy) is 1. The van der Waals surface area contributed by atoms with E-state index in [9.17, 15) is 14.9 Å². The summed E-state index contributed by atoms with van der Waals surface area (Å²) < 4.78 is 5.64. The van der Waals surface area contributed by atoms with E-state index in [1.165, 1.54) is 18.9 Å². The van der Waals surface area contributed by atoms with Crippen LogP contribution in [0, 0.1) is 17.2 Å². The molecule has 0 aliphatic carbocycles. The van der Waals surface area contributed by atoms with Gasteiger partial charge in [0.25, 0.3) is 0 Å². The molecule has 0 spiro atoms. The fraction of sp³-hybridized carbons (Fsp3) is 0.190. The van der Waals surface area contributed by atoms with Crippen molar-refractivity contribution in [3.05, 3.63) is 79.8 Å². The molecule has 0 saturated heterocycles. The number of hydrogen-bond donors (Lipinski definition) is 1. The molecule has 2 aromatic rings. The maximum absolute atomic E-state index is 12.8. The lowest BCUT2D eigenvalue weighted by atomic mass is 9.78. The van der Waals surface area contributed by atoms with Crippen molar-refractivity contribution >= 4 is 51.2 Å². The van der Waals surface area contributed by atoms with E-state index in [4.69, 9.17) is 16.3 Å². The molecule has 1 N–H and O–H groups in total. The first-order chi connectivity index (χ1) is 13.9. The molecular weight excluding hydrogens is 476 g/mol. The van der Waals surface area contributed by atoms with Crippen molar-refractivity contribution in [1.82, 2.24) is 5.32 Å². The monoisotopic (exact) mass is 490 g/mol. The Morgan fingerprint density at radius 1 is 1.31 bits per heavy atom. The number of esters is 1. The molecule has 0 bridgehead atoms. The highest BCUT2D eigenvalue weighted by Gasteiger charge is 2.44. The number of nitrogens with zero attached hydrogens (tertiary/aromatic N) is 1. The maximum Gasteiger partial charge on any atom is 0.319 e. The van der Waals surface area contributed by atoms with Gasteiger partial charge in [-0.15, -0.1) is 11.8 Å². The molecule has 0 radical (unpaired) electrons. The molecule has 8 heteroatoms. The molecule has 5 nitrogen and oxygen atoms in total. The number of rotatable bonds is 5. The van der Waals surface area contributed by atoms with Crippen LogP contribution in [0.2, 0.25) is 5.02 Å². The van der Waals surface area contributed by atoms with Gasteiger partial charge in [0.05, 0.1) is 23.8 Å². The summed E-state index contributed by atoms with van der Waals surface area (Å²) in [5, 5.41) is 13.7. The van der Waals surface area contributed by atoms with Gasteiger partial charge in [-0.05, 0) is 35.4 Å². The number of carbonyl (C=O) groups excluding carboxylic acids is 2. The Labute approximate surface area is 186 Å². The highest BCUT2D eigenvalue weighted by molar-refractivity contribution is 9.10. The highest BCUT2D eigenvalue weighted by Crippen LogP contribution is 2.41. The molecular formula is C21H16BrClN2O3S. The van der Waals surface area contributed by atoms with Crippen molar-refractivity contribution in [2.45, 2.75) is 11.7 Å². The fourth-order valence-electron chi connectivity index (χ4n) is 3.12. The topological polar surface area (TPSA) is 79.2 Å². The second-order valence-corrected chi connectivity index (χ2v) is 8.63. The number of hydrogen-bond acceptors (Lipinski definition) is 5. The second-order valence-electron chi connectivity index (χ2n) is 6.29. The van der Waals surface area contributed by atoms with E-state index < -0.39 is 23.7 Å². The van der Waals surface area contributed by atoms with Crippen LogP contribution >= 0.6 is 39.3 Å². The molecule has 1 heterocycles. The van der Waals surface area contributed by atoms with E-state index >= 15 is 0 Å². The fourth-order valence-corrected chi connectivity index (χ4v) is 4.66. The summed E-state index contributed by atoms with van der Waals surface area (Å²) in [5.74, 6) is -2.50. The smallest absolute Gasteiger partial charge is 0.319 e. The van der Waals surface area contributed by atoms with Gasteiger partial charge in [-0.2, -0.15) is 5.26 Å². The van der Waals surface area contributed by atoms with E-state index in [2.05, 4.69) is 27.3 Å². The van der Waals surface area contributed by atoms with Crippen LogP contribution in [0.5, 0.6) is 0 Å². The van der Waals surface area contributed by atoms with Crippen LogP contribution in [0.4, 0.5) is 0 Å². The molecule has 0 unspecified atom stereocenters. The number of methoxy groups -OCH3 is 1. The normalized spacial score (nSPS) is 18.8. The van der Waals surface area contributed by atoms with Gasteiger partial charge in [0.2, 0.25) is 5.91 Å². The third-order valence-electron chi connectivity index (χ3n) is 4.49. The van der Waals surface area contributed by atoms with Crippen LogP contribution < -0.4 is 5.32 Å². The molecule has 1 aliphatic heterocycles. The standard InChI is InChI=1S/C21H16BrClN2O3S/c1-28-21(27)18-17(13-3-2-4-14(22)9-13)16(10-24)20(25-19(18)26)29-11-12-5-7-15(23)8-6-12/h2-9,17-18H,11H2,1H3,(H,25,26)/t17-,18-/m0/s1. The first-order valence-corrected chi connectivity index (χ1v) is 10.8. The minimum Gasteiger partial charge on any atom is -0.468 e.